The van der Waals surface area contributed by atoms with E-state index in [1.807, 2.05) is 30.3 Å². The number of sulfonamides is 1. The van der Waals surface area contributed by atoms with Crippen LogP contribution in [0.5, 0.6) is 0 Å². The van der Waals surface area contributed by atoms with Gasteiger partial charge in [0.05, 0.1) is 11.3 Å². The Morgan fingerprint density at radius 3 is 2.33 bits per heavy atom. The molecule has 0 radical (unpaired) electrons. The molecule has 27 heavy (non-hydrogen) atoms. The van der Waals surface area contributed by atoms with Gasteiger partial charge in [0, 0.05) is 19.7 Å². The Kier molecular flexibility index (Phi) is 5.33. The van der Waals surface area contributed by atoms with Gasteiger partial charge in [-0.1, -0.05) is 35.4 Å². The molecule has 140 valence electrons. The van der Waals surface area contributed by atoms with Crippen LogP contribution < -0.4 is 5.32 Å². The highest BCUT2D eigenvalue weighted by atomic mass is 32.2. The van der Waals surface area contributed by atoms with E-state index in [9.17, 15) is 13.2 Å². The second-order valence-corrected chi connectivity index (χ2v) is 8.08. The van der Waals surface area contributed by atoms with Gasteiger partial charge >= 0.3 is 6.01 Å². The van der Waals surface area contributed by atoms with Crippen LogP contribution >= 0.6 is 0 Å². The molecule has 0 atom stereocenters. The number of carbonyl (C=O) groups is 1. The third-order valence-electron chi connectivity index (χ3n) is 3.78. The van der Waals surface area contributed by atoms with Crippen molar-refractivity contribution < 1.29 is 17.6 Å². The van der Waals surface area contributed by atoms with Crippen LogP contribution in [-0.2, 0) is 16.4 Å². The number of benzene rings is 2. The molecule has 3 rings (SSSR count). The van der Waals surface area contributed by atoms with Crippen LogP contribution in [0, 0.1) is 0 Å². The van der Waals surface area contributed by atoms with E-state index in [1.165, 1.54) is 38.4 Å². The summed E-state index contributed by atoms with van der Waals surface area (Å²) in [5, 5.41) is 10.2. The normalized spacial score (nSPS) is 11.5. The summed E-state index contributed by atoms with van der Waals surface area (Å²) in [4.78, 5) is 12.4. The van der Waals surface area contributed by atoms with Gasteiger partial charge in [0.25, 0.3) is 5.91 Å². The van der Waals surface area contributed by atoms with Gasteiger partial charge in [-0.25, -0.2) is 12.7 Å². The first-order valence-electron chi connectivity index (χ1n) is 8.06. The lowest BCUT2D eigenvalue weighted by molar-refractivity contribution is 0.102. The molecule has 8 nitrogen and oxygen atoms in total. The largest absolute Gasteiger partial charge is 0.407 e. The fourth-order valence-electron chi connectivity index (χ4n) is 2.30. The number of nitrogens with zero attached hydrogens (tertiary/aromatic N) is 3. The lowest BCUT2D eigenvalue weighted by Crippen LogP contribution is -2.22. The number of rotatable bonds is 6. The van der Waals surface area contributed by atoms with Crippen molar-refractivity contribution in [3.05, 3.63) is 71.6 Å². The van der Waals surface area contributed by atoms with Gasteiger partial charge in [-0.3, -0.25) is 10.1 Å². The summed E-state index contributed by atoms with van der Waals surface area (Å²) >= 11 is 0. The molecule has 2 aromatic carbocycles. The van der Waals surface area contributed by atoms with Crippen molar-refractivity contribution in [3.8, 4) is 0 Å². The van der Waals surface area contributed by atoms with E-state index in [0.29, 0.717) is 12.3 Å². The lowest BCUT2D eigenvalue weighted by atomic mass is 10.2. The van der Waals surface area contributed by atoms with E-state index in [2.05, 4.69) is 15.5 Å². The summed E-state index contributed by atoms with van der Waals surface area (Å²) in [6.07, 6.45) is 0.459. The van der Waals surface area contributed by atoms with E-state index < -0.39 is 15.9 Å². The molecule has 0 fully saturated rings. The van der Waals surface area contributed by atoms with Crippen LogP contribution in [0.25, 0.3) is 0 Å². The molecule has 0 aliphatic heterocycles. The first-order chi connectivity index (χ1) is 12.9. The topological polar surface area (TPSA) is 105 Å². The molecule has 0 saturated heterocycles. The van der Waals surface area contributed by atoms with Gasteiger partial charge in [0.1, 0.15) is 0 Å². The third-order valence-corrected chi connectivity index (χ3v) is 5.61. The maximum Gasteiger partial charge on any atom is 0.322 e. The average molecular weight is 386 g/mol. The first kappa shape index (κ1) is 18.7. The van der Waals surface area contributed by atoms with Gasteiger partial charge in [-0.05, 0) is 29.8 Å². The predicted octanol–water partition coefficient (Wildman–Crippen LogP) is 2.16. The lowest BCUT2D eigenvalue weighted by Gasteiger charge is -2.11. The van der Waals surface area contributed by atoms with Crippen molar-refractivity contribution >= 4 is 21.9 Å². The monoisotopic (exact) mass is 386 g/mol. The van der Waals surface area contributed by atoms with E-state index >= 15 is 0 Å². The molecular weight excluding hydrogens is 368 g/mol. The zero-order valence-corrected chi connectivity index (χ0v) is 15.6. The molecule has 0 unspecified atom stereocenters. The smallest absolute Gasteiger partial charge is 0.322 e. The van der Waals surface area contributed by atoms with Crippen LogP contribution in [-0.4, -0.2) is 42.9 Å². The number of nitrogens with one attached hydrogen (secondary N) is 1. The number of hydrogen-bond donors (Lipinski definition) is 1. The fourth-order valence-corrected chi connectivity index (χ4v) is 3.21. The minimum atomic E-state index is -3.54. The zero-order valence-electron chi connectivity index (χ0n) is 14.8. The summed E-state index contributed by atoms with van der Waals surface area (Å²) in [6, 6.07) is 15.2. The number of hydrogen-bond acceptors (Lipinski definition) is 6. The van der Waals surface area contributed by atoms with Gasteiger partial charge in [-0.2, -0.15) is 0 Å². The molecule has 0 spiro atoms. The Hall–Kier alpha value is -3.04. The van der Waals surface area contributed by atoms with Gasteiger partial charge < -0.3 is 4.42 Å². The van der Waals surface area contributed by atoms with Crippen LogP contribution in [0.3, 0.4) is 0 Å². The van der Waals surface area contributed by atoms with E-state index in [4.69, 9.17) is 4.42 Å². The molecule has 1 heterocycles. The summed E-state index contributed by atoms with van der Waals surface area (Å²) in [5.74, 6) is -0.0948. The molecule has 0 aliphatic rings. The van der Waals surface area contributed by atoms with Crippen molar-refractivity contribution in [1.29, 1.82) is 0 Å². The molecule has 1 N–H and O–H groups in total. The van der Waals surface area contributed by atoms with E-state index in [1.54, 1.807) is 0 Å². The summed E-state index contributed by atoms with van der Waals surface area (Å²) in [5.41, 5.74) is 1.28. The summed E-state index contributed by atoms with van der Waals surface area (Å²) in [6.45, 7) is 0. The van der Waals surface area contributed by atoms with Gasteiger partial charge in [0.15, 0.2) is 0 Å². The molecule has 3 aromatic rings. The molecule has 0 saturated carbocycles. The first-order valence-corrected chi connectivity index (χ1v) is 9.50. The Morgan fingerprint density at radius 1 is 1.04 bits per heavy atom. The second kappa shape index (κ2) is 7.68. The van der Waals surface area contributed by atoms with Crippen LogP contribution in [0.15, 0.2) is 63.9 Å². The van der Waals surface area contributed by atoms with Gasteiger partial charge in [-0.15, -0.1) is 5.10 Å². The van der Waals surface area contributed by atoms with Crippen molar-refractivity contribution in [2.24, 2.45) is 0 Å². The minimum absolute atomic E-state index is 0.0177. The second-order valence-electron chi connectivity index (χ2n) is 5.93. The van der Waals surface area contributed by atoms with Crippen LogP contribution in [0.1, 0.15) is 21.8 Å². The minimum Gasteiger partial charge on any atom is -0.407 e. The molecular formula is C18H18N4O4S. The Balaban J connectivity index is 1.67. The standard InChI is InChI=1S/C18H18N4O4S/c1-22(2)27(24,25)15-10-8-14(9-11-15)17(23)19-18-21-20-16(26-18)12-13-6-4-3-5-7-13/h3-11H,12H2,1-2H3,(H,19,21,23). The van der Waals surface area contributed by atoms with E-state index in [0.717, 1.165) is 9.87 Å². The van der Waals surface area contributed by atoms with Crippen molar-refractivity contribution in [1.82, 2.24) is 14.5 Å². The zero-order chi connectivity index (χ0) is 19.4. The van der Waals surface area contributed by atoms with Crippen molar-refractivity contribution in [2.75, 3.05) is 19.4 Å². The maximum atomic E-state index is 12.3. The number of carbonyl (C=O) groups excluding carboxylic acids is 1. The summed E-state index contributed by atoms with van der Waals surface area (Å²) < 4.78 is 30.6. The highest BCUT2D eigenvalue weighted by Crippen LogP contribution is 2.16. The van der Waals surface area contributed by atoms with Crippen LogP contribution in [0.2, 0.25) is 0 Å². The number of anilines is 1. The van der Waals surface area contributed by atoms with Crippen LogP contribution in [0.4, 0.5) is 6.01 Å². The molecule has 0 aliphatic carbocycles. The molecule has 1 aromatic heterocycles. The molecule has 9 heteroatoms. The Labute approximate surface area is 156 Å². The van der Waals surface area contributed by atoms with Gasteiger partial charge in [0.2, 0.25) is 15.9 Å². The summed E-state index contributed by atoms with van der Waals surface area (Å²) in [7, 11) is -0.658. The number of aromatic nitrogens is 2. The average Bonchev–Trinajstić information content (AvgIpc) is 3.09. The highest BCUT2D eigenvalue weighted by Gasteiger charge is 2.18. The molecule has 1 amide bonds. The quantitative estimate of drug-likeness (QED) is 0.696. The Bertz CT molecular complexity index is 1030. The fraction of sp³-hybridized carbons (Fsp3) is 0.167. The van der Waals surface area contributed by atoms with Crippen molar-refractivity contribution in [2.45, 2.75) is 11.3 Å². The molecule has 0 bridgehead atoms. The highest BCUT2D eigenvalue weighted by molar-refractivity contribution is 7.89. The Morgan fingerprint density at radius 2 is 1.70 bits per heavy atom. The van der Waals surface area contributed by atoms with Crippen molar-refractivity contribution in [3.63, 3.8) is 0 Å². The SMILES string of the molecule is CN(C)S(=O)(=O)c1ccc(C(=O)Nc2nnc(Cc3ccccc3)o2)cc1. The third kappa shape index (κ3) is 4.39. The maximum absolute atomic E-state index is 12.3. The number of amides is 1. The predicted molar refractivity (Wildman–Crippen MR) is 98.8 cm³/mol. The van der Waals surface area contributed by atoms with E-state index in [-0.39, 0.29) is 16.5 Å².